The standard InChI is InChI=1S/C23H38N4O.HI/c1-19(21-7-9-22(28-3)10-8-21)11-13-25-23(24-2)27-16-12-20(18-27)17-26-14-5-4-6-15-26;/h7-10,19-20H,4-6,11-18H2,1-3H3,(H,24,25);1H. The van der Waals surface area contributed by atoms with Crippen LogP contribution in [0.15, 0.2) is 29.3 Å². The lowest BCUT2D eigenvalue weighted by Crippen LogP contribution is -2.41. The number of aliphatic imine (C=N–C) groups is 1. The van der Waals surface area contributed by atoms with Gasteiger partial charge in [0, 0.05) is 33.2 Å². The molecule has 0 radical (unpaired) electrons. The van der Waals surface area contributed by atoms with Crippen molar-refractivity contribution in [1.82, 2.24) is 15.1 Å². The van der Waals surface area contributed by atoms with Crippen molar-refractivity contribution in [2.45, 2.75) is 44.9 Å². The van der Waals surface area contributed by atoms with Crippen LogP contribution >= 0.6 is 24.0 Å². The molecule has 164 valence electrons. The van der Waals surface area contributed by atoms with Crippen molar-refractivity contribution >= 4 is 29.9 Å². The van der Waals surface area contributed by atoms with Crippen molar-refractivity contribution in [3.63, 3.8) is 0 Å². The van der Waals surface area contributed by atoms with Gasteiger partial charge >= 0.3 is 0 Å². The van der Waals surface area contributed by atoms with Crippen LogP contribution in [-0.4, -0.2) is 69.2 Å². The van der Waals surface area contributed by atoms with E-state index in [0.29, 0.717) is 5.92 Å². The summed E-state index contributed by atoms with van der Waals surface area (Å²) in [6.07, 6.45) is 6.56. The summed E-state index contributed by atoms with van der Waals surface area (Å²) in [6.45, 7) is 9.38. The number of methoxy groups -OCH3 is 1. The molecule has 1 aromatic rings. The summed E-state index contributed by atoms with van der Waals surface area (Å²) in [6, 6.07) is 8.43. The van der Waals surface area contributed by atoms with Gasteiger partial charge in [-0.3, -0.25) is 4.99 Å². The fourth-order valence-electron chi connectivity index (χ4n) is 4.51. The Morgan fingerprint density at radius 2 is 1.90 bits per heavy atom. The molecule has 0 aliphatic carbocycles. The fourth-order valence-corrected chi connectivity index (χ4v) is 4.51. The van der Waals surface area contributed by atoms with Gasteiger partial charge in [-0.1, -0.05) is 25.5 Å². The lowest BCUT2D eigenvalue weighted by Gasteiger charge is -2.29. The Morgan fingerprint density at radius 3 is 2.55 bits per heavy atom. The van der Waals surface area contributed by atoms with Crippen molar-refractivity contribution in [2.75, 3.05) is 53.4 Å². The average Bonchev–Trinajstić information content (AvgIpc) is 3.20. The van der Waals surface area contributed by atoms with Crippen molar-refractivity contribution in [3.05, 3.63) is 29.8 Å². The molecule has 2 saturated heterocycles. The number of hydrogen-bond donors (Lipinski definition) is 1. The Bertz CT molecular complexity index is 616. The lowest BCUT2D eigenvalue weighted by molar-refractivity contribution is 0.198. The molecule has 2 aliphatic rings. The van der Waals surface area contributed by atoms with E-state index in [1.165, 1.54) is 50.9 Å². The van der Waals surface area contributed by atoms with Gasteiger partial charge in [-0.2, -0.15) is 0 Å². The quantitative estimate of drug-likeness (QED) is 0.337. The van der Waals surface area contributed by atoms with Gasteiger partial charge in [-0.25, -0.2) is 0 Å². The molecule has 0 aromatic heterocycles. The monoisotopic (exact) mass is 514 g/mol. The van der Waals surface area contributed by atoms with E-state index >= 15 is 0 Å². The molecule has 29 heavy (non-hydrogen) atoms. The Hall–Kier alpha value is -1.02. The van der Waals surface area contributed by atoms with Gasteiger partial charge in [-0.05, 0) is 68.3 Å². The van der Waals surface area contributed by atoms with E-state index in [4.69, 9.17) is 4.74 Å². The topological polar surface area (TPSA) is 40.1 Å². The van der Waals surface area contributed by atoms with Crippen LogP contribution in [0.4, 0.5) is 0 Å². The fraction of sp³-hybridized carbons (Fsp3) is 0.696. The van der Waals surface area contributed by atoms with Crippen LogP contribution in [0.2, 0.25) is 0 Å². The summed E-state index contributed by atoms with van der Waals surface area (Å²) in [5.41, 5.74) is 1.36. The first-order valence-corrected chi connectivity index (χ1v) is 11.0. The second-order valence-corrected chi connectivity index (χ2v) is 8.40. The number of nitrogens with one attached hydrogen (secondary N) is 1. The number of halogens is 1. The maximum atomic E-state index is 5.25. The summed E-state index contributed by atoms with van der Waals surface area (Å²) < 4.78 is 5.25. The lowest BCUT2D eigenvalue weighted by atomic mass is 9.98. The van der Waals surface area contributed by atoms with E-state index in [9.17, 15) is 0 Å². The van der Waals surface area contributed by atoms with Crippen LogP contribution in [0.25, 0.3) is 0 Å². The highest BCUT2D eigenvalue weighted by Gasteiger charge is 2.26. The maximum absolute atomic E-state index is 5.25. The number of piperidine rings is 1. The molecule has 5 nitrogen and oxygen atoms in total. The minimum absolute atomic E-state index is 0. The van der Waals surface area contributed by atoms with Crippen molar-refractivity contribution in [2.24, 2.45) is 10.9 Å². The van der Waals surface area contributed by atoms with E-state index in [2.05, 4.69) is 39.2 Å². The molecule has 2 aliphatic heterocycles. The number of rotatable bonds is 7. The van der Waals surface area contributed by atoms with E-state index in [1.54, 1.807) is 7.11 Å². The van der Waals surface area contributed by atoms with Gasteiger partial charge in [0.25, 0.3) is 0 Å². The number of benzene rings is 1. The third-order valence-electron chi connectivity index (χ3n) is 6.31. The van der Waals surface area contributed by atoms with Gasteiger partial charge in [0.15, 0.2) is 5.96 Å². The second-order valence-electron chi connectivity index (χ2n) is 8.40. The molecule has 0 spiro atoms. The zero-order chi connectivity index (χ0) is 19.8. The molecular weight excluding hydrogens is 475 g/mol. The number of nitrogens with zero attached hydrogens (tertiary/aromatic N) is 3. The summed E-state index contributed by atoms with van der Waals surface area (Å²) in [4.78, 5) is 9.67. The van der Waals surface area contributed by atoms with Gasteiger partial charge in [0.2, 0.25) is 0 Å². The van der Waals surface area contributed by atoms with E-state index in [1.807, 2.05) is 19.2 Å². The molecule has 0 amide bonds. The number of likely N-dealkylation sites (tertiary alicyclic amines) is 2. The van der Waals surface area contributed by atoms with Crippen LogP contribution in [0.5, 0.6) is 5.75 Å². The zero-order valence-electron chi connectivity index (χ0n) is 18.4. The number of guanidine groups is 1. The van der Waals surface area contributed by atoms with Crippen molar-refractivity contribution < 1.29 is 4.74 Å². The zero-order valence-corrected chi connectivity index (χ0v) is 20.7. The van der Waals surface area contributed by atoms with Crippen LogP contribution in [0.1, 0.15) is 50.5 Å². The SMILES string of the molecule is CN=C(NCCC(C)c1ccc(OC)cc1)N1CCC(CN2CCCCC2)C1.I. The first-order valence-electron chi connectivity index (χ1n) is 11.0. The van der Waals surface area contributed by atoms with Gasteiger partial charge in [0.1, 0.15) is 5.75 Å². The number of hydrogen-bond acceptors (Lipinski definition) is 3. The molecule has 3 rings (SSSR count). The Morgan fingerprint density at radius 1 is 1.17 bits per heavy atom. The molecule has 2 unspecified atom stereocenters. The molecule has 1 aromatic carbocycles. The van der Waals surface area contributed by atoms with E-state index in [0.717, 1.165) is 43.7 Å². The average molecular weight is 514 g/mol. The van der Waals surface area contributed by atoms with E-state index in [-0.39, 0.29) is 24.0 Å². The smallest absolute Gasteiger partial charge is 0.193 e. The normalized spacial score (nSPS) is 21.6. The number of ether oxygens (including phenoxy) is 1. The Kier molecular flexibility index (Phi) is 10.6. The molecule has 6 heteroatoms. The predicted molar refractivity (Wildman–Crippen MR) is 133 cm³/mol. The molecule has 1 N–H and O–H groups in total. The highest BCUT2D eigenvalue weighted by atomic mass is 127. The van der Waals surface area contributed by atoms with Gasteiger partial charge < -0.3 is 19.9 Å². The van der Waals surface area contributed by atoms with Crippen LogP contribution in [0, 0.1) is 5.92 Å². The highest BCUT2D eigenvalue weighted by molar-refractivity contribution is 14.0. The van der Waals surface area contributed by atoms with Crippen LogP contribution in [0.3, 0.4) is 0 Å². The third-order valence-corrected chi connectivity index (χ3v) is 6.31. The van der Waals surface area contributed by atoms with Crippen molar-refractivity contribution in [3.8, 4) is 5.75 Å². The van der Waals surface area contributed by atoms with Crippen LogP contribution in [-0.2, 0) is 0 Å². The highest BCUT2D eigenvalue weighted by Crippen LogP contribution is 2.22. The minimum Gasteiger partial charge on any atom is -0.497 e. The summed E-state index contributed by atoms with van der Waals surface area (Å²) in [7, 11) is 3.62. The summed E-state index contributed by atoms with van der Waals surface area (Å²) >= 11 is 0. The van der Waals surface area contributed by atoms with E-state index < -0.39 is 0 Å². The second kappa shape index (κ2) is 12.6. The maximum Gasteiger partial charge on any atom is 0.193 e. The Balaban J connectivity index is 0.00000300. The molecular formula is C23H39IN4O. The van der Waals surface area contributed by atoms with Gasteiger partial charge in [0.05, 0.1) is 7.11 Å². The first-order chi connectivity index (χ1) is 13.7. The molecule has 0 saturated carbocycles. The summed E-state index contributed by atoms with van der Waals surface area (Å²) in [5.74, 6) is 3.29. The molecule has 2 fully saturated rings. The summed E-state index contributed by atoms with van der Waals surface area (Å²) in [5, 5.41) is 3.60. The Labute approximate surface area is 194 Å². The molecule has 0 bridgehead atoms. The minimum atomic E-state index is 0. The first kappa shape index (κ1) is 24.3. The largest absolute Gasteiger partial charge is 0.497 e. The third kappa shape index (κ3) is 7.31. The van der Waals surface area contributed by atoms with Crippen molar-refractivity contribution in [1.29, 1.82) is 0 Å². The predicted octanol–water partition coefficient (Wildman–Crippen LogP) is 4.19. The van der Waals surface area contributed by atoms with Gasteiger partial charge in [-0.15, -0.1) is 24.0 Å². The molecule has 2 atom stereocenters. The molecule has 2 heterocycles. The van der Waals surface area contributed by atoms with Crippen LogP contribution < -0.4 is 10.1 Å².